The van der Waals surface area contributed by atoms with Crippen molar-refractivity contribution in [1.82, 2.24) is 9.97 Å². The van der Waals surface area contributed by atoms with E-state index in [0.717, 1.165) is 6.07 Å². The molecule has 2 aromatic heterocycles. The molecule has 0 atom stereocenters. The quantitative estimate of drug-likeness (QED) is 0.566. The second-order valence-electron chi connectivity index (χ2n) is 2.98. The maximum Gasteiger partial charge on any atom is 0.340 e. The third kappa shape index (κ3) is 1.69. The molecule has 16 heavy (non-hydrogen) atoms. The van der Waals surface area contributed by atoms with Crippen molar-refractivity contribution in [3.63, 3.8) is 0 Å². The number of carbonyl (C=O) groups excluding carboxylic acids is 1. The average molecular weight is 241 g/mol. The first-order valence-corrected chi connectivity index (χ1v) is 4.70. The molecule has 2 rings (SSSR count). The highest BCUT2D eigenvalue weighted by Gasteiger charge is 2.14. The Morgan fingerprint density at radius 3 is 2.94 bits per heavy atom. The van der Waals surface area contributed by atoms with E-state index in [4.69, 9.17) is 11.6 Å². The van der Waals surface area contributed by atoms with Gasteiger partial charge >= 0.3 is 5.97 Å². The van der Waals surface area contributed by atoms with E-state index in [1.54, 1.807) is 0 Å². The smallest absolute Gasteiger partial charge is 0.340 e. The molecule has 0 aliphatic carbocycles. The van der Waals surface area contributed by atoms with Crippen LogP contribution < -0.4 is 0 Å². The molecular formula is C10H6ClFN2O2. The number of fused-ring (bicyclic) bond motifs is 1. The van der Waals surface area contributed by atoms with Crippen molar-refractivity contribution < 1.29 is 13.9 Å². The molecule has 0 aliphatic rings. The first-order valence-electron chi connectivity index (χ1n) is 4.32. The van der Waals surface area contributed by atoms with Crippen molar-refractivity contribution in [3.05, 3.63) is 34.9 Å². The van der Waals surface area contributed by atoms with Gasteiger partial charge in [-0.1, -0.05) is 11.6 Å². The zero-order valence-corrected chi connectivity index (χ0v) is 8.95. The summed E-state index contributed by atoms with van der Waals surface area (Å²) < 4.78 is 17.3. The first-order chi connectivity index (χ1) is 7.63. The largest absolute Gasteiger partial charge is 0.465 e. The minimum absolute atomic E-state index is 0.130. The molecule has 0 radical (unpaired) electrons. The van der Waals surface area contributed by atoms with Crippen LogP contribution in [0.1, 0.15) is 10.4 Å². The summed E-state index contributed by atoms with van der Waals surface area (Å²) >= 11 is 5.96. The second-order valence-corrected chi connectivity index (χ2v) is 3.36. The summed E-state index contributed by atoms with van der Waals surface area (Å²) in [7, 11) is 1.24. The fraction of sp³-hybridized carbons (Fsp3) is 0.100. The molecule has 0 aliphatic heterocycles. The average Bonchev–Trinajstić information content (AvgIpc) is 2.28. The van der Waals surface area contributed by atoms with Crippen LogP contribution in [0.4, 0.5) is 4.39 Å². The Balaban J connectivity index is 2.70. The predicted molar refractivity (Wildman–Crippen MR) is 55.8 cm³/mol. The van der Waals surface area contributed by atoms with Gasteiger partial charge in [0, 0.05) is 11.6 Å². The summed E-state index contributed by atoms with van der Waals surface area (Å²) in [6.07, 6.45) is 1.21. The molecular weight excluding hydrogens is 235 g/mol. The van der Waals surface area contributed by atoms with Crippen LogP contribution in [0.15, 0.2) is 18.3 Å². The second kappa shape index (κ2) is 4.02. The monoisotopic (exact) mass is 240 g/mol. The highest BCUT2D eigenvalue weighted by atomic mass is 35.5. The Hall–Kier alpha value is -1.75. The fourth-order valence-corrected chi connectivity index (χ4v) is 1.55. The van der Waals surface area contributed by atoms with Crippen LogP contribution in [0, 0.1) is 5.95 Å². The number of pyridine rings is 2. The fourth-order valence-electron chi connectivity index (χ4n) is 1.27. The van der Waals surface area contributed by atoms with Crippen molar-refractivity contribution in [2.24, 2.45) is 0 Å². The highest BCUT2D eigenvalue weighted by molar-refractivity contribution is 6.38. The van der Waals surface area contributed by atoms with Crippen LogP contribution in [0.2, 0.25) is 5.02 Å². The van der Waals surface area contributed by atoms with Crippen LogP contribution in [-0.2, 0) is 4.74 Å². The van der Waals surface area contributed by atoms with Gasteiger partial charge in [-0.05, 0) is 12.1 Å². The maximum absolute atomic E-state index is 12.8. The molecule has 4 nitrogen and oxygen atoms in total. The third-order valence-electron chi connectivity index (χ3n) is 2.04. The third-order valence-corrected chi connectivity index (χ3v) is 2.44. The zero-order valence-electron chi connectivity index (χ0n) is 8.20. The number of carbonyl (C=O) groups is 1. The topological polar surface area (TPSA) is 52.1 Å². The van der Waals surface area contributed by atoms with E-state index in [-0.39, 0.29) is 16.2 Å². The van der Waals surface area contributed by atoms with E-state index >= 15 is 0 Å². The molecule has 0 unspecified atom stereocenters. The summed E-state index contributed by atoms with van der Waals surface area (Å²) in [6.45, 7) is 0. The normalized spacial score (nSPS) is 10.4. The molecule has 0 amide bonds. The van der Waals surface area contributed by atoms with E-state index < -0.39 is 11.9 Å². The Morgan fingerprint density at radius 1 is 1.50 bits per heavy atom. The molecule has 0 aromatic carbocycles. The van der Waals surface area contributed by atoms with Crippen molar-refractivity contribution in [3.8, 4) is 0 Å². The lowest BCUT2D eigenvalue weighted by Crippen LogP contribution is -2.03. The van der Waals surface area contributed by atoms with E-state index in [9.17, 15) is 9.18 Å². The number of rotatable bonds is 1. The van der Waals surface area contributed by atoms with Gasteiger partial charge in [-0.2, -0.15) is 9.37 Å². The lowest BCUT2D eigenvalue weighted by atomic mass is 10.2. The van der Waals surface area contributed by atoms with Crippen molar-refractivity contribution in [2.45, 2.75) is 0 Å². The minimum atomic E-state index is -0.651. The lowest BCUT2D eigenvalue weighted by Gasteiger charge is -2.04. The van der Waals surface area contributed by atoms with Gasteiger partial charge in [-0.3, -0.25) is 0 Å². The summed E-state index contributed by atoms with van der Waals surface area (Å²) in [6, 6.07) is 2.57. The van der Waals surface area contributed by atoms with Gasteiger partial charge in [0.05, 0.1) is 17.7 Å². The molecule has 6 heteroatoms. The van der Waals surface area contributed by atoms with Crippen LogP contribution >= 0.6 is 11.6 Å². The van der Waals surface area contributed by atoms with Crippen LogP contribution in [0.5, 0.6) is 0 Å². The Morgan fingerprint density at radius 2 is 2.25 bits per heavy atom. The SMILES string of the molecule is COC(=O)c1cnc2nc(F)ccc2c1Cl. The van der Waals surface area contributed by atoms with E-state index in [1.165, 1.54) is 19.4 Å². The van der Waals surface area contributed by atoms with Gasteiger partial charge in [0.25, 0.3) is 0 Å². The van der Waals surface area contributed by atoms with Crippen molar-refractivity contribution in [2.75, 3.05) is 7.11 Å². The van der Waals surface area contributed by atoms with Crippen LogP contribution in [0.25, 0.3) is 11.0 Å². The van der Waals surface area contributed by atoms with E-state index in [2.05, 4.69) is 14.7 Å². The van der Waals surface area contributed by atoms with Gasteiger partial charge in [0.15, 0.2) is 5.65 Å². The van der Waals surface area contributed by atoms with Gasteiger partial charge < -0.3 is 4.74 Å². The van der Waals surface area contributed by atoms with Gasteiger partial charge in [0.1, 0.15) is 0 Å². The number of aromatic nitrogens is 2. The number of halogens is 2. The highest BCUT2D eigenvalue weighted by Crippen LogP contribution is 2.25. The van der Waals surface area contributed by atoms with Gasteiger partial charge in [0.2, 0.25) is 5.95 Å². The summed E-state index contributed by atoms with van der Waals surface area (Å²) in [5, 5.41) is 0.565. The standard InChI is InChI=1S/C10H6ClFN2O2/c1-16-10(15)6-4-13-9-5(8(6)11)2-3-7(12)14-9/h2-4H,1H3. The molecule has 0 saturated carbocycles. The number of esters is 1. The molecule has 2 heterocycles. The summed E-state index contributed by atoms with van der Waals surface area (Å²) in [4.78, 5) is 18.7. The molecule has 0 saturated heterocycles. The number of nitrogens with zero attached hydrogens (tertiary/aromatic N) is 2. The van der Waals surface area contributed by atoms with Crippen molar-refractivity contribution in [1.29, 1.82) is 0 Å². The predicted octanol–water partition coefficient (Wildman–Crippen LogP) is 2.21. The number of hydrogen-bond donors (Lipinski definition) is 0. The summed E-state index contributed by atoms with van der Waals surface area (Å²) in [5.41, 5.74) is 0.280. The van der Waals surface area contributed by atoms with Gasteiger partial charge in [-0.25, -0.2) is 9.78 Å². The molecule has 0 spiro atoms. The number of ether oxygens (including phenoxy) is 1. The Kier molecular flexibility index (Phi) is 2.70. The lowest BCUT2D eigenvalue weighted by molar-refractivity contribution is 0.0600. The Labute approximate surface area is 95.0 Å². The minimum Gasteiger partial charge on any atom is -0.465 e. The number of methoxy groups -OCH3 is 1. The molecule has 0 N–H and O–H groups in total. The molecule has 0 bridgehead atoms. The van der Waals surface area contributed by atoms with E-state index in [1.807, 2.05) is 0 Å². The molecule has 2 aromatic rings. The van der Waals surface area contributed by atoms with E-state index in [0.29, 0.717) is 5.39 Å². The maximum atomic E-state index is 12.8. The van der Waals surface area contributed by atoms with Crippen LogP contribution in [0.3, 0.4) is 0 Å². The first kappa shape index (κ1) is 10.8. The zero-order chi connectivity index (χ0) is 11.7. The molecule has 82 valence electrons. The van der Waals surface area contributed by atoms with Crippen LogP contribution in [-0.4, -0.2) is 23.0 Å². The summed E-state index contributed by atoms with van der Waals surface area (Å²) in [5.74, 6) is -1.24. The molecule has 0 fully saturated rings. The number of hydrogen-bond acceptors (Lipinski definition) is 4. The van der Waals surface area contributed by atoms with Gasteiger partial charge in [-0.15, -0.1) is 0 Å². The van der Waals surface area contributed by atoms with Crippen molar-refractivity contribution >= 4 is 28.6 Å². The Bertz CT molecular complexity index is 574.